The second kappa shape index (κ2) is 5.16. The minimum atomic E-state index is -2.92. The van der Waals surface area contributed by atoms with E-state index in [2.05, 4.69) is 0 Å². The molecular weight excluding hydrogens is 254 g/mol. The van der Waals surface area contributed by atoms with E-state index in [0.717, 1.165) is 0 Å². The lowest BCUT2D eigenvalue weighted by Gasteiger charge is -2.18. The Morgan fingerprint density at radius 3 is 2.78 bits per heavy atom. The van der Waals surface area contributed by atoms with Crippen molar-refractivity contribution in [3.05, 3.63) is 24.3 Å². The standard InChI is InChI=1S/C12H17NO4S/c13-10(9-5-6-18(15,16)8-9)7-17-12-4-2-1-3-11(12)14/h1-4,9-10,14H,5-8,13H2. The molecule has 2 unspecified atom stereocenters. The number of hydrogen-bond donors (Lipinski definition) is 2. The van der Waals surface area contributed by atoms with Gasteiger partial charge in [-0.1, -0.05) is 12.1 Å². The van der Waals surface area contributed by atoms with E-state index >= 15 is 0 Å². The van der Waals surface area contributed by atoms with Crippen molar-refractivity contribution in [2.24, 2.45) is 11.7 Å². The van der Waals surface area contributed by atoms with Gasteiger partial charge in [0.05, 0.1) is 11.5 Å². The highest BCUT2D eigenvalue weighted by atomic mass is 32.2. The minimum absolute atomic E-state index is 0.0548. The first-order valence-electron chi connectivity index (χ1n) is 5.85. The molecule has 100 valence electrons. The summed E-state index contributed by atoms with van der Waals surface area (Å²) in [6.07, 6.45) is 0.591. The van der Waals surface area contributed by atoms with Gasteiger partial charge in [0.1, 0.15) is 6.61 Å². The Kier molecular flexibility index (Phi) is 3.77. The summed E-state index contributed by atoms with van der Waals surface area (Å²) >= 11 is 0. The quantitative estimate of drug-likeness (QED) is 0.834. The highest BCUT2D eigenvalue weighted by Gasteiger charge is 2.32. The summed E-state index contributed by atoms with van der Waals surface area (Å²) < 4.78 is 28.1. The number of nitrogens with two attached hydrogens (primary N) is 1. The lowest BCUT2D eigenvalue weighted by atomic mass is 10.0. The van der Waals surface area contributed by atoms with E-state index in [1.807, 2.05) is 0 Å². The van der Waals surface area contributed by atoms with Crippen LogP contribution in [-0.2, 0) is 9.84 Å². The minimum Gasteiger partial charge on any atom is -0.504 e. The molecule has 0 bridgehead atoms. The Morgan fingerprint density at radius 2 is 2.17 bits per heavy atom. The summed E-state index contributed by atoms with van der Waals surface area (Å²) in [6.45, 7) is 0.206. The van der Waals surface area contributed by atoms with Gasteiger partial charge >= 0.3 is 0 Å². The van der Waals surface area contributed by atoms with Crippen molar-refractivity contribution in [2.45, 2.75) is 12.5 Å². The van der Waals surface area contributed by atoms with Gasteiger partial charge in [0.15, 0.2) is 21.3 Å². The number of para-hydroxylation sites is 2. The number of hydrogen-bond acceptors (Lipinski definition) is 5. The average Bonchev–Trinajstić information content (AvgIpc) is 2.68. The van der Waals surface area contributed by atoms with Crippen molar-refractivity contribution in [1.82, 2.24) is 0 Å². The number of aromatic hydroxyl groups is 1. The number of phenols is 1. The second-order valence-corrected chi connectivity index (χ2v) is 6.83. The number of phenolic OH excluding ortho intramolecular Hbond substituents is 1. The zero-order valence-corrected chi connectivity index (χ0v) is 10.8. The maximum Gasteiger partial charge on any atom is 0.160 e. The Bertz CT molecular complexity index is 515. The van der Waals surface area contributed by atoms with Crippen LogP contribution in [0.15, 0.2) is 24.3 Å². The van der Waals surface area contributed by atoms with Crippen LogP contribution in [0.25, 0.3) is 0 Å². The van der Waals surface area contributed by atoms with Crippen molar-refractivity contribution < 1.29 is 18.3 Å². The lowest BCUT2D eigenvalue weighted by Crippen LogP contribution is -2.36. The predicted octanol–water partition coefficient (Wildman–Crippen LogP) is 0.533. The number of benzene rings is 1. The third-order valence-corrected chi connectivity index (χ3v) is 4.96. The summed E-state index contributed by atoms with van der Waals surface area (Å²) in [4.78, 5) is 0. The molecule has 0 aliphatic carbocycles. The topological polar surface area (TPSA) is 89.6 Å². The van der Waals surface area contributed by atoms with Crippen LogP contribution in [0, 0.1) is 5.92 Å². The highest BCUT2D eigenvalue weighted by Crippen LogP contribution is 2.26. The average molecular weight is 271 g/mol. The molecule has 0 amide bonds. The van der Waals surface area contributed by atoms with E-state index in [0.29, 0.717) is 12.2 Å². The number of rotatable bonds is 4. The van der Waals surface area contributed by atoms with E-state index in [1.165, 1.54) is 6.07 Å². The van der Waals surface area contributed by atoms with Crippen LogP contribution in [0.3, 0.4) is 0 Å². The normalized spacial score (nSPS) is 23.7. The van der Waals surface area contributed by atoms with Crippen molar-refractivity contribution in [3.63, 3.8) is 0 Å². The summed E-state index contributed by atoms with van der Waals surface area (Å²) in [7, 11) is -2.92. The molecule has 1 aromatic rings. The molecule has 0 aromatic heterocycles. The molecule has 0 spiro atoms. The third-order valence-electron chi connectivity index (χ3n) is 3.17. The zero-order valence-electron chi connectivity index (χ0n) is 9.95. The molecule has 0 radical (unpaired) electrons. The van der Waals surface area contributed by atoms with Crippen LogP contribution in [0.2, 0.25) is 0 Å². The van der Waals surface area contributed by atoms with Crippen molar-refractivity contribution in [3.8, 4) is 11.5 Å². The maximum atomic E-state index is 11.3. The van der Waals surface area contributed by atoms with Crippen LogP contribution < -0.4 is 10.5 Å². The van der Waals surface area contributed by atoms with Crippen LogP contribution in [0.4, 0.5) is 0 Å². The van der Waals surface area contributed by atoms with Gasteiger partial charge in [-0.15, -0.1) is 0 Å². The zero-order chi connectivity index (χ0) is 13.2. The summed E-state index contributed by atoms with van der Waals surface area (Å²) in [6, 6.07) is 6.29. The molecule has 2 rings (SSSR count). The smallest absolute Gasteiger partial charge is 0.160 e. The summed E-state index contributed by atoms with van der Waals surface area (Å²) in [5.41, 5.74) is 5.93. The van der Waals surface area contributed by atoms with Crippen LogP contribution in [0.1, 0.15) is 6.42 Å². The number of sulfone groups is 1. The van der Waals surface area contributed by atoms with Gasteiger partial charge in [0.25, 0.3) is 0 Å². The van der Waals surface area contributed by atoms with E-state index in [4.69, 9.17) is 10.5 Å². The Labute approximate surface area is 106 Å². The van der Waals surface area contributed by atoms with E-state index in [9.17, 15) is 13.5 Å². The fourth-order valence-corrected chi connectivity index (χ4v) is 3.96. The molecule has 1 saturated heterocycles. The SMILES string of the molecule is NC(COc1ccccc1O)C1CCS(=O)(=O)C1. The maximum absolute atomic E-state index is 11.3. The molecule has 6 heteroatoms. The molecule has 1 aromatic carbocycles. The van der Waals surface area contributed by atoms with Gasteiger partial charge in [0, 0.05) is 6.04 Å². The molecular formula is C12H17NO4S. The molecule has 1 aliphatic rings. The van der Waals surface area contributed by atoms with Crippen LogP contribution in [-0.4, -0.2) is 37.7 Å². The van der Waals surface area contributed by atoms with Gasteiger partial charge < -0.3 is 15.6 Å². The van der Waals surface area contributed by atoms with Gasteiger partial charge in [-0.2, -0.15) is 0 Å². The first-order valence-corrected chi connectivity index (χ1v) is 7.67. The fourth-order valence-electron chi connectivity index (χ4n) is 2.06. The summed E-state index contributed by atoms with van der Waals surface area (Å²) in [5.74, 6) is 0.721. The van der Waals surface area contributed by atoms with E-state index in [1.54, 1.807) is 18.2 Å². The largest absolute Gasteiger partial charge is 0.504 e. The van der Waals surface area contributed by atoms with E-state index in [-0.39, 0.29) is 35.8 Å². The van der Waals surface area contributed by atoms with Crippen molar-refractivity contribution in [1.29, 1.82) is 0 Å². The van der Waals surface area contributed by atoms with Crippen molar-refractivity contribution >= 4 is 9.84 Å². The van der Waals surface area contributed by atoms with Crippen molar-refractivity contribution in [2.75, 3.05) is 18.1 Å². The highest BCUT2D eigenvalue weighted by molar-refractivity contribution is 7.91. The Hall–Kier alpha value is -1.27. The molecule has 1 aliphatic heterocycles. The first kappa shape index (κ1) is 13.2. The van der Waals surface area contributed by atoms with Crippen LogP contribution in [0.5, 0.6) is 11.5 Å². The lowest BCUT2D eigenvalue weighted by molar-refractivity contribution is 0.245. The third kappa shape index (κ3) is 3.14. The van der Waals surface area contributed by atoms with Gasteiger partial charge in [0.2, 0.25) is 0 Å². The fraction of sp³-hybridized carbons (Fsp3) is 0.500. The van der Waals surface area contributed by atoms with Gasteiger partial charge in [-0.05, 0) is 24.5 Å². The van der Waals surface area contributed by atoms with Gasteiger partial charge in [-0.25, -0.2) is 8.42 Å². The molecule has 2 atom stereocenters. The molecule has 1 heterocycles. The molecule has 0 saturated carbocycles. The molecule has 18 heavy (non-hydrogen) atoms. The molecule has 5 nitrogen and oxygen atoms in total. The predicted molar refractivity (Wildman–Crippen MR) is 68.3 cm³/mol. The molecule has 3 N–H and O–H groups in total. The Morgan fingerprint density at radius 1 is 1.44 bits per heavy atom. The molecule has 1 fully saturated rings. The van der Waals surface area contributed by atoms with Crippen LogP contribution >= 0.6 is 0 Å². The number of ether oxygens (including phenoxy) is 1. The first-order chi connectivity index (χ1) is 8.48. The Balaban J connectivity index is 1.89. The second-order valence-electron chi connectivity index (χ2n) is 4.61. The monoisotopic (exact) mass is 271 g/mol. The van der Waals surface area contributed by atoms with Gasteiger partial charge in [-0.3, -0.25) is 0 Å². The van der Waals surface area contributed by atoms with E-state index < -0.39 is 9.84 Å². The summed E-state index contributed by atoms with van der Waals surface area (Å²) in [5, 5.41) is 9.51.